The Hall–Kier alpha value is -1.45. The molecule has 0 aliphatic carbocycles. The van der Waals surface area contributed by atoms with Crippen LogP contribution >= 0.6 is 15.9 Å². The van der Waals surface area contributed by atoms with Crippen molar-refractivity contribution in [2.24, 2.45) is 17.8 Å². The Morgan fingerprint density at radius 1 is 1.41 bits per heavy atom. The van der Waals surface area contributed by atoms with Crippen LogP contribution in [0, 0.1) is 17.8 Å². The quantitative estimate of drug-likeness (QED) is 0.286. The van der Waals surface area contributed by atoms with Crippen LogP contribution in [-0.4, -0.2) is 87.1 Å². The van der Waals surface area contributed by atoms with E-state index in [0.29, 0.717) is 13.0 Å². The molecule has 0 aromatic carbocycles. The summed E-state index contributed by atoms with van der Waals surface area (Å²) in [6.45, 7) is 13.3. The van der Waals surface area contributed by atoms with E-state index in [0.717, 1.165) is 0 Å². The molecule has 0 radical (unpaired) electrons. The zero-order valence-corrected chi connectivity index (χ0v) is 21.1. The topological polar surface area (TPSA) is 96.4 Å². The van der Waals surface area contributed by atoms with Gasteiger partial charge >= 0.3 is 5.97 Å². The molecule has 0 aromatic heterocycles. The molecule has 0 saturated carbocycles. The zero-order chi connectivity index (χ0) is 24.0. The van der Waals surface area contributed by atoms with Gasteiger partial charge in [0.05, 0.1) is 37.2 Å². The third kappa shape index (κ3) is 3.70. The summed E-state index contributed by atoms with van der Waals surface area (Å²) < 4.78 is 11.7. The second-order valence-corrected chi connectivity index (χ2v) is 10.7. The van der Waals surface area contributed by atoms with Gasteiger partial charge in [-0.1, -0.05) is 35.9 Å². The summed E-state index contributed by atoms with van der Waals surface area (Å²) in [7, 11) is 0. The summed E-state index contributed by atoms with van der Waals surface area (Å²) in [4.78, 5) is 43.8. The summed E-state index contributed by atoms with van der Waals surface area (Å²) in [5.41, 5.74) is -1.15. The van der Waals surface area contributed by atoms with Crippen molar-refractivity contribution in [3.8, 4) is 0 Å². The Morgan fingerprint density at radius 2 is 2.06 bits per heavy atom. The smallest absolute Gasteiger partial charge is 0.312 e. The third-order valence-corrected chi connectivity index (χ3v) is 7.91. The Labute approximate surface area is 198 Å². The lowest BCUT2D eigenvalue weighted by Gasteiger charge is -2.41. The number of hydrogen-bond acceptors (Lipinski definition) is 6. The highest BCUT2D eigenvalue weighted by molar-refractivity contribution is 9.09. The number of alkyl halides is 1. The number of amides is 2. The van der Waals surface area contributed by atoms with Crippen LogP contribution in [0.1, 0.15) is 41.0 Å². The van der Waals surface area contributed by atoms with Gasteiger partial charge in [0.2, 0.25) is 11.8 Å². The molecule has 3 unspecified atom stereocenters. The average molecular weight is 515 g/mol. The van der Waals surface area contributed by atoms with Gasteiger partial charge < -0.3 is 24.4 Å². The number of ether oxygens (including phenoxy) is 2. The van der Waals surface area contributed by atoms with Gasteiger partial charge in [-0.3, -0.25) is 14.4 Å². The summed E-state index contributed by atoms with van der Waals surface area (Å²) in [5.74, 6) is -2.76. The molecule has 1 spiro atoms. The maximum Gasteiger partial charge on any atom is 0.312 e. The number of esters is 1. The van der Waals surface area contributed by atoms with E-state index in [1.807, 2.05) is 27.7 Å². The number of nitrogens with zero attached hydrogens (tertiary/aromatic N) is 2. The van der Waals surface area contributed by atoms with Crippen molar-refractivity contribution >= 4 is 33.7 Å². The van der Waals surface area contributed by atoms with Gasteiger partial charge in [0, 0.05) is 17.4 Å². The van der Waals surface area contributed by atoms with Crippen molar-refractivity contribution in [1.82, 2.24) is 9.80 Å². The highest BCUT2D eigenvalue weighted by atomic mass is 79.9. The van der Waals surface area contributed by atoms with Gasteiger partial charge in [0.15, 0.2) is 0 Å². The molecule has 9 heteroatoms. The molecule has 3 rings (SSSR count). The lowest BCUT2D eigenvalue weighted by atomic mass is 9.70. The normalized spacial score (nSPS) is 34.2. The highest BCUT2D eigenvalue weighted by Crippen LogP contribution is 2.61. The first-order valence-electron chi connectivity index (χ1n) is 11.4. The van der Waals surface area contributed by atoms with Crippen molar-refractivity contribution < 1.29 is 29.0 Å². The van der Waals surface area contributed by atoms with Gasteiger partial charge in [-0.2, -0.15) is 0 Å². The van der Waals surface area contributed by atoms with Gasteiger partial charge in [0.25, 0.3) is 0 Å². The SMILES string of the molecule is C=CCN(C(=O)C1N([C@@H](CO)C(C)C)C(=O)[C@@H]2[C@H](C(=O)OCC)[C@H]3OC12CC3Br)C(C)C. The Morgan fingerprint density at radius 3 is 2.56 bits per heavy atom. The van der Waals surface area contributed by atoms with Crippen molar-refractivity contribution in [3.05, 3.63) is 12.7 Å². The minimum Gasteiger partial charge on any atom is -0.466 e. The molecular weight excluding hydrogens is 480 g/mol. The van der Waals surface area contributed by atoms with E-state index in [4.69, 9.17) is 9.47 Å². The number of aliphatic hydroxyl groups is 1. The molecule has 7 atom stereocenters. The van der Waals surface area contributed by atoms with Crippen molar-refractivity contribution in [2.75, 3.05) is 19.8 Å². The number of hydrogen-bond donors (Lipinski definition) is 1. The number of carbonyl (C=O) groups excluding carboxylic acids is 3. The van der Waals surface area contributed by atoms with E-state index >= 15 is 0 Å². The molecule has 3 aliphatic rings. The standard InChI is InChI=1S/C23H35BrN2O6/c1-7-9-25(13(5)6)21(29)19-23-10-14(24)18(32-23)16(22(30)31-8-2)17(23)20(28)26(19)15(11-27)12(3)4/h7,12-19,27H,1,8-11H2,2-6H3/t14?,15-,16-,17-,18-,19?,23?/m0/s1. The summed E-state index contributed by atoms with van der Waals surface area (Å²) in [6.07, 6.45) is 1.54. The number of likely N-dealkylation sites (tertiary alicyclic amines) is 1. The molecule has 8 nitrogen and oxygen atoms in total. The summed E-state index contributed by atoms with van der Waals surface area (Å²) >= 11 is 3.63. The number of rotatable bonds is 9. The van der Waals surface area contributed by atoms with E-state index in [-0.39, 0.29) is 41.8 Å². The predicted molar refractivity (Wildman–Crippen MR) is 122 cm³/mol. The van der Waals surface area contributed by atoms with Crippen LogP contribution in [0.2, 0.25) is 0 Å². The van der Waals surface area contributed by atoms with Crippen molar-refractivity contribution in [1.29, 1.82) is 0 Å². The van der Waals surface area contributed by atoms with E-state index in [9.17, 15) is 19.5 Å². The fraction of sp³-hybridized carbons (Fsp3) is 0.783. The van der Waals surface area contributed by atoms with Crippen LogP contribution in [0.25, 0.3) is 0 Å². The Bertz CT molecular complexity index is 774. The minimum atomic E-state index is -1.15. The largest absolute Gasteiger partial charge is 0.466 e. The molecule has 3 saturated heterocycles. The second kappa shape index (κ2) is 9.43. The van der Waals surface area contributed by atoms with Crippen LogP contribution in [-0.2, 0) is 23.9 Å². The highest BCUT2D eigenvalue weighted by Gasteiger charge is 2.77. The predicted octanol–water partition coefficient (Wildman–Crippen LogP) is 1.74. The molecule has 3 fully saturated rings. The van der Waals surface area contributed by atoms with Crippen molar-refractivity contribution in [3.63, 3.8) is 0 Å². The van der Waals surface area contributed by atoms with Gasteiger partial charge in [-0.05, 0) is 33.1 Å². The Kier molecular flexibility index (Phi) is 7.42. The maximum atomic E-state index is 14.0. The first-order chi connectivity index (χ1) is 15.1. The van der Waals surface area contributed by atoms with Crippen LogP contribution in [0.15, 0.2) is 12.7 Å². The van der Waals surface area contributed by atoms with E-state index in [2.05, 4.69) is 22.5 Å². The van der Waals surface area contributed by atoms with Gasteiger partial charge in [0.1, 0.15) is 11.6 Å². The molecule has 3 heterocycles. The lowest BCUT2D eigenvalue weighted by Crippen LogP contribution is -2.60. The molecule has 2 bridgehead atoms. The van der Waals surface area contributed by atoms with Crippen LogP contribution in [0.5, 0.6) is 0 Å². The molecule has 1 N–H and O–H groups in total. The number of halogens is 1. The molecule has 2 amide bonds. The molecule has 32 heavy (non-hydrogen) atoms. The minimum absolute atomic E-state index is 0.0978. The van der Waals surface area contributed by atoms with Crippen LogP contribution in [0.3, 0.4) is 0 Å². The first kappa shape index (κ1) is 25.2. The van der Waals surface area contributed by atoms with Crippen LogP contribution < -0.4 is 0 Å². The number of fused-ring (bicyclic) bond motifs is 1. The van der Waals surface area contributed by atoms with Crippen LogP contribution in [0.4, 0.5) is 0 Å². The summed E-state index contributed by atoms with van der Waals surface area (Å²) in [6, 6.07) is -1.64. The second-order valence-electron chi connectivity index (χ2n) is 9.53. The van der Waals surface area contributed by atoms with Gasteiger partial charge in [-0.15, -0.1) is 6.58 Å². The van der Waals surface area contributed by atoms with E-state index in [1.54, 1.807) is 17.9 Å². The maximum absolute atomic E-state index is 14.0. The fourth-order valence-electron chi connectivity index (χ4n) is 5.68. The molecule has 0 aromatic rings. The third-order valence-electron chi connectivity index (χ3n) is 7.07. The fourth-order valence-corrected chi connectivity index (χ4v) is 6.63. The molecule has 180 valence electrons. The van der Waals surface area contributed by atoms with Crippen molar-refractivity contribution in [2.45, 2.75) is 75.7 Å². The van der Waals surface area contributed by atoms with Gasteiger partial charge in [-0.25, -0.2) is 0 Å². The molecular formula is C23H35BrN2O6. The number of aliphatic hydroxyl groups excluding tert-OH is 1. The Balaban J connectivity index is 2.15. The number of carbonyl (C=O) groups is 3. The first-order valence-corrected chi connectivity index (χ1v) is 12.3. The molecule has 3 aliphatic heterocycles. The lowest BCUT2D eigenvalue weighted by molar-refractivity contribution is -0.157. The monoisotopic (exact) mass is 514 g/mol. The summed E-state index contributed by atoms with van der Waals surface area (Å²) in [5, 5.41) is 10.2. The average Bonchev–Trinajstić information content (AvgIpc) is 3.30. The van der Waals surface area contributed by atoms with E-state index < -0.39 is 41.6 Å². The van der Waals surface area contributed by atoms with E-state index in [1.165, 1.54) is 4.90 Å². The zero-order valence-electron chi connectivity index (χ0n) is 19.5.